The van der Waals surface area contributed by atoms with E-state index in [0.29, 0.717) is 6.04 Å². The van der Waals surface area contributed by atoms with Gasteiger partial charge in [-0.3, -0.25) is 4.90 Å². The third kappa shape index (κ3) is 3.47. The van der Waals surface area contributed by atoms with E-state index in [0.717, 1.165) is 17.5 Å². The molecule has 2 rings (SSSR count). The van der Waals surface area contributed by atoms with Crippen molar-refractivity contribution in [3.63, 3.8) is 0 Å². The van der Waals surface area contributed by atoms with Crippen LogP contribution in [-0.2, 0) is 0 Å². The first-order chi connectivity index (χ1) is 8.68. The van der Waals surface area contributed by atoms with Crippen LogP contribution >= 0.6 is 11.6 Å². The van der Waals surface area contributed by atoms with Crippen LogP contribution in [0.2, 0.25) is 5.02 Å². The van der Waals surface area contributed by atoms with Crippen molar-refractivity contribution in [3.05, 3.63) is 34.9 Å². The summed E-state index contributed by atoms with van der Waals surface area (Å²) in [5, 5.41) is 4.30. The molecular weight excluding hydrogens is 244 g/mol. The summed E-state index contributed by atoms with van der Waals surface area (Å²) in [5.41, 5.74) is 1.23. The molecule has 1 aromatic rings. The molecule has 0 bridgehead atoms. The fourth-order valence-electron chi connectivity index (χ4n) is 2.68. The van der Waals surface area contributed by atoms with Gasteiger partial charge in [0.25, 0.3) is 0 Å². The van der Waals surface area contributed by atoms with E-state index in [2.05, 4.69) is 36.3 Å². The van der Waals surface area contributed by atoms with Gasteiger partial charge in [-0.05, 0) is 57.5 Å². The largest absolute Gasteiger partial charge is 0.317 e. The second kappa shape index (κ2) is 6.55. The number of rotatable bonds is 4. The van der Waals surface area contributed by atoms with E-state index >= 15 is 0 Å². The molecule has 1 aliphatic heterocycles. The highest BCUT2D eigenvalue weighted by Crippen LogP contribution is 2.27. The van der Waals surface area contributed by atoms with Gasteiger partial charge < -0.3 is 5.32 Å². The molecule has 1 atom stereocenters. The topological polar surface area (TPSA) is 15.3 Å². The predicted octanol–water partition coefficient (Wildman–Crippen LogP) is 3.33. The van der Waals surface area contributed by atoms with Gasteiger partial charge in [-0.15, -0.1) is 0 Å². The molecule has 1 aliphatic rings. The summed E-state index contributed by atoms with van der Waals surface area (Å²) in [6.45, 7) is 5.73. The quantitative estimate of drug-likeness (QED) is 0.899. The maximum Gasteiger partial charge on any atom is 0.0453 e. The summed E-state index contributed by atoms with van der Waals surface area (Å²) >= 11 is 6.27. The monoisotopic (exact) mass is 266 g/mol. The zero-order valence-electron chi connectivity index (χ0n) is 11.3. The lowest BCUT2D eigenvalue weighted by Crippen LogP contribution is -2.35. The summed E-state index contributed by atoms with van der Waals surface area (Å²) in [6.07, 6.45) is 2.58. The third-order valence-corrected chi connectivity index (χ3v) is 4.37. The minimum absolute atomic E-state index is 0.383. The van der Waals surface area contributed by atoms with Gasteiger partial charge in [-0.25, -0.2) is 0 Å². The summed E-state index contributed by atoms with van der Waals surface area (Å²) in [5.74, 6) is 0.821. The lowest BCUT2D eigenvalue weighted by atomic mass is 9.96. The Balaban J connectivity index is 1.95. The molecular formula is C15H23ClN2. The minimum Gasteiger partial charge on any atom is -0.317 e. The number of hydrogen-bond acceptors (Lipinski definition) is 2. The van der Waals surface area contributed by atoms with Gasteiger partial charge in [-0.2, -0.15) is 0 Å². The molecule has 0 aliphatic carbocycles. The fraction of sp³-hybridized carbons (Fsp3) is 0.600. The lowest BCUT2D eigenvalue weighted by Gasteiger charge is -2.31. The average molecular weight is 267 g/mol. The first-order valence-corrected chi connectivity index (χ1v) is 7.21. The molecule has 100 valence electrons. The maximum absolute atomic E-state index is 6.27. The van der Waals surface area contributed by atoms with Crippen molar-refractivity contribution in [2.24, 2.45) is 5.92 Å². The van der Waals surface area contributed by atoms with Crippen LogP contribution in [0.25, 0.3) is 0 Å². The van der Waals surface area contributed by atoms with E-state index in [1.807, 2.05) is 12.1 Å². The molecule has 0 spiro atoms. The van der Waals surface area contributed by atoms with Gasteiger partial charge in [0, 0.05) is 17.6 Å². The van der Waals surface area contributed by atoms with Gasteiger partial charge in [0.2, 0.25) is 0 Å². The highest BCUT2D eigenvalue weighted by molar-refractivity contribution is 6.31. The third-order valence-electron chi connectivity index (χ3n) is 4.02. The highest BCUT2D eigenvalue weighted by atomic mass is 35.5. The molecule has 1 fully saturated rings. The Labute approximate surface area is 115 Å². The summed E-state index contributed by atoms with van der Waals surface area (Å²) in [4.78, 5) is 2.43. The van der Waals surface area contributed by atoms with Crippen molar-refractivity contribution in [3.8, 4) is 0 Å². The van der Waals surface area contributed by atoms with Gasteiger partial charge in [0.05, 0.1) is 0 Å². The van der Waals surface area contributed by atoms with Crippen LogP contribution in [0.5, 0.6) is 0 Å². The van der Waals surface area contributed by atoms with Crippen molar-refractivity contribution in [1.82, 2.24) is 10.2 Å². The van der Waals surface area contributed by atoms with E-state index < -0.39 is 0 Å². The normalized spacial score (nSPS) is 19.1. The van der Waals surface area contributed by atoms with E-state index in [9.17, 15) is 0 Å². The number of halogens is 1. The second-order valence-corrected chi connectivity index (χ2v) is 5.74. The Kier molecular flexibility index (Phi) is 5.04. The summed E-state index contributed by atoms with van der Waals surface area (Å²) in [7, 11) is 2.20. The lowest BCUT2D eigenvalue weighted by molar-refractivity contribution is 0.197. The van der Waals surface area contributed by atoms with E-state index in [1.165, 1.54) is 31.5 Å². The van der Waals surface area contributed by atoms with Crippen molar-refractivity contribution in [2.75, 3.05) is 26.7 Å². The Morgan fingerprint density at radius 1 is 1.33 bits per heavy atom. The SMILES string of the molecule is CC(c1ccccc1Cl)N(C)CC1CCNCC1. The van der Waals surface area contributed by atoms with Gasteiger partial charge >= 0.3 is 0 Å². The molecule has 0 radical (unpaired) electrons. The van der Waals surface area contributed by atoms with Crippen LogP contribution in [-0.4, -0.2) is 31.6 Å². The molecule has 0 saturated carbocycles. The summed E-state index contributed by atoms with van der Waals surface area (Å²) in [6, 6.07) is 8.55. The van der Waals surface area contributed by atoms with Crippen molar-refractivity contribution in [2.45, 2.75) is 25.8 Å². The van der Waals surface area contributed by atoms with E-state index in [1.54, 1.807) is 0 Å². The zero-order chi connectivity index (χ0) is 13.0. The number of hydrogen-bond donors (Lipinski definition) is 1. The van der Waals surface area contributed by atoms with Crippen molar-refractivity contribution >= 4 is 11.6 Å². The Bertz CT molecular complexity index is 375. The van der Waals surface area contributed by atoms with Crippen LogP contribution in [0.1, 0.15) is 31.4 Å². The Morgan fingerprint density at radius 3 is 2.67 bits per heavy atom. The van der Waals surface area contributed by atoms with Gasteiger partial charge in [0.1, 0.15) is 0 Å². The van der Waals surface area contributed by atoms with Crippen LogP contribution < -0.4 is 5.32 Å². The Morgan fingerprint density at radius 2 is 2.00 bits per heavy atom. The molecule has 1 aromatic carbocycles. The molecule has 1 N–H and O–H groups in total. The van der Waals surface area contributed by atoms with E-state index in [4.69, 9.17) is 11.6 Å². The smallest absolute Gasteiger partial charge is 0.0453 e. The van der Waals surface area contributed by atoms with Crippen LogP contribution in [0.4, 0.5) is 0 Å². The number of nitrogens with one attached hydrogen (secondary N) is 1. The molecule has 0 aromatic heterocycles. The molecule has 1 saturated heterocycles. The Hall–Kier alpha value is -0.570. The molecule has 1 heterocycles. The maximum atomic E-state index is 6.27. The van der Waals surface area contributed by atoms with Crippen LogP contribution in [0, 0.1) is 5.92 Å². The van der Waals surface area contributed by atoms with Gasteiger partial charge in [-0.1, -0.05) is 29.8 Å². The molecule has 3 heteroatoms. The minimum atomic E-state index is 0.383. The summed E-state index contributed by atoms with van der Waals surface area (Å²) < 4.78 is 0. The van der Waals surface area contributed by atoms with Gasteiger partial charge in [0.15, 0.2) is 0 Å². The van der Waals surface area contributed by atoms with Crippen LogP contribution in [0.15, 0.2) is 24.3 Å². The van der Waals surface area contributed by atoms with Crippen LogP contribution in [0.3, 0.4) is 0 Å². The predicted molar refractivity (Wildman–Crippen MR) is 78.1 cm³/mol. The van der Waals surface area contributed by atoms with E-state index in [-0.39, 0.29) is 0 Å². The average Bonchev–Trinajstić information content (AvgIpc) is 2.39. The second-order valence-electron chi connectivity index (χ2n) is 5.33. The molecule has 2 nitrogen and oxygen atoms in total. The number of nitrogens with zero attached hydrogens (tertiary/aromatic N) is 1. The number of piperidine rings is 1. The standard InChI is InChI=1S/C15H23ClN2/c1-12(14-5-3-4-6-15(14)16)18(2)11-13-7-9-17-10-8-13/h3-6,12-13,17H,7-11H2,1-2H3. The fourth-order valence-corrected chi connectivity index (χ4v) is 2.97. The molecule has 18 heavy (non-hydrogen) atoms. The highest BCUT2D eigenvalue weighted by Gasteiger charge is 2.19. The van der Waals surface area contributed by atoms with Crippen molar-refractivity contribution in [1.29, 1.82) is 0 Å². The first kappa shape index (κ1) is 13.9. The molecule has 0 amide bonds. The number of benzene rings is 1. The first-order valence-electron chi connectivity index (χ1n) is 6.84. The zero-order valence-corrected chi connectivity index (χ0v) is 12.1. The van der Waals surface area contributed by atoms with Crippen molar-refractivity contribution < 1.29 is 0 Å². The molecule has 1 unspecified atom stereocenters.